The van der Waals surface area contributed by atoms with Gasteiger partial charge in [0.15, 0.2) is 0 Å². The normalized spacial score (nSPS) is 11.5. The number of carbonyl (C=O) groups excluding carboxylic acids is 2. The van der Waals surface area contributed by atoms with E-state index in [4.69, 9.17) is 11.6 Å². The van der Waals surface area contributed by atoms with Gasteiger partial charge in [0.05, 0.1) is 28.1 Å². The van der Waals surface area contributed by atoms with Gasteiger partial charge >= 0.3 is 6.18 Å². The van der Waals surface area contributed by atoms with E-state index < -0.39 is 28.6 Å². The van der Waals surface area contributed by atoms with Gasteiger partial charge in [-0.2, -0.15) is 18.3 Å². The number of halogens is 5. The molecule has 3 aromatic rings. The predicted molar refractivity (Wildman–Crippen MR) is 129 cm³/mol. The van der Waals surface area contributed by atoms with Gasteiger partial charge in [-0.05, 0) is 60.0 Å². The first-order valence-electron chi connectivity index (χ1n) is 9.98. The fourth-order valence-electron chi connectivity index (χ4n) is 2.97. The number of alkyl halides is 3. The van der Waals surface area contributed by atoms with Crippen molar-refractivity contribution in [3.05, 3.63) is 98.0 Å². The third kappa shape index (κ3) is 6.45. The first kappa shape index (κ1) is 25.5. The molecule has 10 heteroatoms. The zero-order valence-corrected chi connectivity index (χ0v) is 20.1. The van der Waals surface area contributed by atoms with Crippen molar-refractivity contribution in [1.29, 1.82) is 0 Å². The SMILES string of the molecule is CCc1ccc(C(=O)Nc2ccc(Br)cc2C(=O)N/N=C\c2ccc(Cl)c(C(F)(F)F)c2)cc1. The van der Waals surface area contributed by atoms with Crippen molar-refractivity contribution in [2.75, 3.05) is 5.32 Å². The van der Waals surface area contributed by atoms with Gasteiger partial charge in [-0.15, -0.1) is 0 Å². The van der Waals surface area contributed by atoms with Gasteiger partial charge in [0.25, 0.3) is 11.8 Å². The predicted octanol–water partition coefficient (Wildman–Crippen LogP) is 6.70. The second kappa shape index (κ2) is 10.8. The molecule has 3 rings (SSSR count). The Kier molecular flexibility index (Phi) is 8.11. The van der Waals surface area contributed by atoms with E-state index in [0.717, 1.165) is 30.3 Å². The molecule has 0 bridgehead atoms. The number of carbonyl (C=O) groups is 2. The van der Waals surface area contributed by atoms with Gasteiger partial charge in [-0.25, -0.2) is 5.43 Å². The number of benzene rings is 3. The molecule has 2 amide bonds. The highest BCUT2D eigenvalue weighted by molar-refractivity contribution is 9.10. The first-order valence-corrected chi connectivity index (χ1v) is 11.2. The zero-order valence-electron chi connectivity index (χ0n) is 17.7. The summed E-state index contributed by atoms with van der Waals surface area (Å²) in [4.78, 5) is 25.3. The summed E-state index contributed by atoms with van der Waals surface area (Å²) in [6, 6.07) is 15.0. The second-order valence-electron chi connectivity index (χ2n) is 7.13. The minimum absolute atomic E-state index is 0.0929. The quantitative estimate of drug-likeness (QED) is 0.264. The molecule has 0 aromatic heterocycles. The van der Waals surface area contributed by atoms with E-state index >= 15 is 0 Å². The highest BCUT2D eigenvalue weighted by Gasteiger charge is 2.33. The molecule has 0 spiro atoms. The van der Waals surface area contributed by atoms with Gasteiger partial charge in [0.2, 0.25) is 0 Å². The van der Waals surface area contributed by atoms with Crippen LogP contribution in [0.1, 0.15) is 44.3 Å². The van der Waals surface area contributed by atoms with E-state index in [1.54, 1.807) is 24.3 Å². The van der Waals surface area contributed by atoms with Gasteiger partial charge < -0.3 is 5.32 Å². The molecule has 0 heterocycles. The summed E-state index contributed by atoms with van der Waals surface area (Å²) in [5, 5.41) is 6.00. The highest BCUT2D eigenvalue weighted by atomic mass is 79.9. The lowest BCUT2D eigenvalue weighted by atomic mass is 10.1. The van der Waals surface area contributed by atoms with E-state index in [9.17, 15) is 22.8 Å². The van der Waals surface area contributed by atoms with Crippen molar-refractivity contribution in [1.82, 2.24) is 5.43 Å². The molecule has 2 N–H and O–H groups in total. The van der Waals surface area contributed by atoms with Crippen LogP contribution >= 0.6 is 27.5 Å². The number of hydrogen-bond acceptors (Lipinski definition) is 3. The molecule has 0 atom stereocenters. The van der Waals surface area contributed by atoms with Crippen LogP contribution in [0.25, 0.3) is 0 Å². The molecule has 0 unspecified atom stereocenters. The van der Waals surface area contributed by atoms with E-state index in [0.29, 0.717) is 10.0 Å². The van der Waals surface area contributed by atoms with Crippen LogP contribution in [0.2, 0.25) is 5.02 Å². The summed E-state index contributed by atoms with van der Waals surface area (Å²) >= 11 is 8.88. The first-order chi connectivity index (χ1) is 16.1. The smallest absolute Gasteiger partial charge is 0.321 e. The Bertz CT molecular complexity index is 1250. The molecule has 0 aliphatic carbocycles. The lowest BCUT2D eigenvalue weighted by Crippen LogP contribution is -2.21. The molecule has 5 nitrogen and oxygen atoms in total. The Morgan fingerprint density at radius 2 is 1.74 bits per heavy atom. The molecule has 34 heavy (non-hydrogen) atoms. The average molecular weight is 553 g/mol. The van der Waals surface area contributed by atoms with Crippen molar-refractivity contribution in [3.63, 3.8) is 0 Å². The number of hydrazone groups is 1. The van der Waals surface area contributed by atoms with Crippen LogP contribution in [0.4, 0.5) is 18.9 Å². The molecule has 0 radical (unpaired) electrons. The largest absolute Gasteiger partial charge is 0.417 e. The molecule has 176 valence electrons. The topological polar surface area (TPSA) is 70.6 Å². The Morgan fingerprint density at radius 1 is 1.03 bits per heavy atom. The Labute approximate surface area is 207 Å². The van der Waals surface area contributed by atoms with Crippen LogP contribution in [0.3, 0.4) is 0 Å². The van der Waals surface area contributed by atoms with Crippen molar-refractivity contribution >= 4 is 51.2 Å². The standard InChI is InChI=1S/C24H18BrClF3N3O2/c1-2-14-3-6-16(7-4-14)22(33)31-21-10-8-17(25)12-18(21)23(34)32-30-13-15-5-9-20(26)19(11-15)24(27,28)29/h3-13H,2H2,1H3,(H,31,33)(H,32,34)/b30-13-. The molecule has 3 aromatic carbocycles. The van der Waals surface area contributed by atoms with Crippen molar-refractivity contribution in [3.8, 4) is 0 Å². The zero-order chi connectivity index (χ0) is 24.9. The van der Waals surface area contributed by atoms with E-state index in [1.807, 2.05) is 19.1 Å². The number of amides is 2. The maximum atomic E-state index is 13.0. The van der Waals surface area contributed by atoms with Gasteiger partial charge in [0, 0.05) is 10.0 Å². The molecule has 0 saturated heterocycles. The van der Waals surface area contributed by atoms with Crippen LogP contribution in [0.15, 0.2) is 70.2 Å². The number of rotatable bonds is 6. The second-order valence-corrected chi connectivity index (χ2v) is 8.45. The van der Waals surface area contributed by atoms with Crippen molar-refractivity contribution in [2.45, 2.75) is 19.5 Å². The fraction of sp³-hybridized carbons (Fsp3) is 0.125. The molecule has 0 fully saturated rings. The summed E-state index contributed by atoms with van der Waals surface area (Å²) in [5.74, 6) is -1.07. The highest BCUT2D eigenvalue weighted by Crippen LogP contribution is 2.34. The number of aryl methyl sites for hydroxylation is 1. The number of hydrogen-bond donors (Lipinski definition) is 2. The third-order valence-corrected chi connectivity index (χ3v) is 5.60. The van der Waals surface area contributed by atoms with Crippen LogP contribution in [0.5, 0.6) is 0 Å². The summed E-state index contributed by atoms with van der Waals surface area (Å²) in [5.41, 5.74) is 3.21. The summed E-state index contributed by atoms with van der Waals surface area (Å²) in [6.07, 6.45) is -2.72. The number of nitrogens with zero attached hydrogens (tertiary/aromatic N) is 1. The summed E-state index contributed by atoms with van der Waals surface area (Å²) in [7, 11) is 0. The van der Waals surface area contributed by atoms with Crippen LogP contribution in [-0.4, -0.2) is 18.0 Å². The molecule has 0 aliphatic rings. The fourth-order valence-corrected chi connectivity index (χ4v) is 3.55. The van der Waals surface area contributed by atoms with Crippen LogP contribution in [-0.2, 0) is 12.6 Å². The molecular formula is C24H18BrClF3N3O2. The van der Waals surface area contributed by atoms with Gasteiger partial charge in [-0.3, -0.25) is 9.59 Å². The lowest BCUT2D eigenvalue weighted by molar-refractivity contribution is -0.137. The minimum atomic E-state index is -4.62. The van der Waals surface area contributed by atoms with E-state index in [1.165, 1.54) is 12.1 Å². The molecular weight excluding hydrogens is 535 g/mol. The van der Waals surface area contributed by atoms with Crippen LogP contribution in [0, 0.1) is 0 Å². The minimum Gasteiger partial charge on any atom is -0.321 e. The van der Waals surface area contributed by atoms with Gasteiger partial charge in [0.1, 0.15) is 0 Å². The molecule has 0 aliphatic heterocycles. The van der Waals surface area contributed by atoms with Crippen LogP contribution < -0.4 is 10.7 Å². The van der Waals surface area contributed by atoms with Gasteiger partial charge in [-0.1, -0.05) is 52.7 Å². The summed E-state index contributed by atoms with van der Waals surface area (Å²) in [6.45, 7) is 2.01. The monoisotopic (exact) mass is 551 g/mol. The maximum absolute atomic E-state index is 13.0. The Morgan fingerprint density at radius 3 is 2.38 bits per heavy atom. The van der Waals surface area contributed by atoms with E-state index in [-0.39, 0.29) is 16.8 Å². The Hall–Kier alpha value is -3.17. The number of nitrogens with one attached hydrogen (secondary N) is 2. The third-order valence-electron chi connectivity index (χ3n) is 4.77. The van der Waals surface area contributed by atoms with E-state index in [2.05, 4.69) is 31.8 Å². The van der Waals surface area contributed by atoms with Crippen molar-refractivity contribution in [2.24, 2.45) is 5.10 Å². The number of anilines is 1. The van der Waals surface area contributed by atoms with Crippen molar-refractivity contribution < 1.29 is 22.8 Å². The average Bonchev–Trinajstić information content (AvgIpc) is 2.80. The molecule has 0 saturated carbocycles. The summed E-state index contributed by atoms with van der Waals surface area (Å²) < 4.78 is 39.6. The maximum Gasteiger partial charge on any atom is 0.417 e. The Balaban J connectivity index is 1.76. The lowest BCUT2D eigenvalue weighted by Gasteiger charge is -2.11.